The Morgan fingerprint density at radius 2 is 1.90 bits per heavy atom. The number of unbranched alkanes of at least 4 members (excludes halogenated alkanes) is 1. The standard InChI is InChI=1S/C17H18N2O.HI/c1-2-3-12-20-15-9-7-14(8-10-15)16-13-19-11-5-4-6-17(19)18-16;/h4-11,13H,2-3,12H2,1H3;1H/p-1. The van der Waals surface area contributed by atoms with Crippen molar-refractivity contribution in [2.45, 2.75) is 19.8 Å². The molecule has 0 atom stereocenters. The van der Waals surface area contributed by atoms with Crippen molar-refractivity contribution in [1.29, 1.82) is 0 Å². The van der Waals surface area contributed by atoms with Gasteiger partial charge >= 0.3 is 0 Å². The molecular weight excluding hydrogens is 375 g/mol. The van der Waals surface area contributed by atoms with Crippen LogP contribution in [-0.2, 0) is 0 Å². The van der Waals surface area contributed by atoms with E-state index in [-0.39, 0.29) is 24.0 Å². The Bertz CT molecular complexity index is 658. The zero-order valence-corrected chi connectivity index (χ0v) is 14.2. The summed E-state index contributed by atoms with van der Waals surface area (Å²) in [6.45, 7) is 2.94. The van der Waals surface area contributed by atoms with Gasteiger partial charge in [0.2, 0.25) is 0 Å². The molecule has 0 aliphatic rings. The first-order valence-electron chi connectivity index (χ1n) is 7.04. The van der Waals surface area contributed by atoms with Crippen molar-refractivity contribution >= 4 is 5.65 Å². The van der Waals surface area contributed by atoms with Gasteiger partial charge < -0.3 is 33.1 Å². The summed E-state index contributed by atoms with van der Waals surface area (Å²) in [5, 5.41) is 0. The van der Waals surface area contributed by atoms with Crippen LogP contribution in [0.1, 0.15) is 19.8 Å². The molecule has 21 heavy (non-hydrogen) atoms. The van der Waals surface area contributed by atoms with Crippen molar-refractivity contribution in [3.8, 4) is 17.0 Å². The van der Waals surface area contributed by atoms with Crippen LogP contribution in [0.2, 0.25) is 0 Å². The lowest BCUT2D eigenvalue weighted by molar-refractivity contribution is -0.00000465. The van der Waals surface area contributed by atoms with Crippen LogP contribution in [0.3, 0.4) is 0 Å². The number of nitrogens with zero attached hydrogens (tertiary/aromatic N) is 2. The summed E-state index contributed by atoms with van der Waals surface area (Å²) < 4.78 is 7.70. The predicted octanol–water partition coefficient (Wildman–Crippen LogP) is 1.18. The molecule has 0 aliphatic carbocycles. The lowest BCUT2D eigenvalue weighted by Crippen LogP contribution is -3.00. The van der Waals surface area contributed by atoms with Crippen molar-refractivity contribution in [3.05, 3.63) is 54.9 Å². The molecule has 110 valence electrons. The SMILES string of the molecule is CCCCOc1ccc(-c2cn3ccccc3n2)cc1.[I-]. The molecule has 0 aliphatic heterocycles. The largest absolute Gasteiger partial charge is 1.00 e. The van der Waals surface area contributed by atoms with Gasteiger partial charge in [-0.2, -0.15) is 0 Å². The third kappa shape index (κ3) is 3.75. The average Bonchev–Trinajstić information content (AvgIpc) is 2.92. The second-order valence-electron chi connectivity index (χ2n) is 4.82. The average molecular weight is 393 g/mol. The molecule has 3 nitrogen and oxygen atoms in total. The van der Waals surface area contributed by atoms with Crippen molar-refractivity contribution in [2.75, 3.05) is 6.61 Å². The molecule has 0 bridgehead atoms. The smallest absolute Gasteiger partial charge is 0.137 e. The fourth-order valence-corrected chi connectivity index (χ4v) is 2.13. The van der Waals surface area contributed by atoms with Gasteiger partial charge in [-0.25, -0.2) is 4.98 Å². The summed E-state index contributed by atoms with van der Waals surface area (Å²) in [6, 6.07) is 14.1. The van der Waals surface area contributed by atoms with E-state index in [1.165, 1.54) is 0 Å². The van der Waals surface area contributed by atoms with Gasteiger partial charge in [0.05, 0.1) is 12.3 Å². The molecule has 3 aromatic rings. The fourth-order valence-electron chi connectivity index (χ4n) is 2.13. The van der Waals surface area contributed by atoms with E-state index in [9.17, 15) is 0 Å². The zero-order chi connectivity index (χ0) is 13.8. The molecule has 1 aromatic carbocycles. The van der Waals surface area contributed by atoms with E-state index in [4.69, 9.17) is 4.74 Å². The third-order valence-electron chi connectivity index (χ3n) is 3.28. The monoisotopic (exact) mass is 393 g/mol. The van der Waals surface area contributed by atoms with Crippen molar-refractivity contribution in [1.82, 2.24) is 9.38 Å². The number of halogens is 1. The molecular formula is C17H18IN2O-. The number of hydrogen-bond acceptors (Lipinski definition) is 2. The molecule has 0 unspecified atom stereocenters. The summed E-state index contributed by atoms with van der Waals surface area (Å²) in [6.07, 6.45) is 6.30. The highest BCUT2D eigenvalue weighted by Gasteiger charge is 2.04. The normalized spacial score (nSPS) is 10.3. The molecule has 4 heteroatoms. The number of pyridine rings is 1. The maximum Gasteiger partial charge on any atom is 0.137 e. The number of ether oxygens (including phenoxy) is 1. The second-order valence-corrected chi connectivity index (χ2v) is 4.82. The van der Waals surface area contributed by atoms with E-state index in [2.05, 4.69) is 24.0 Å². The minimum absolute atomic E-state index is 0. The van der Waals surface area contributed by atoms with Crippen LogP contribution >= 0.6 is 0 Å². The van der Waals surface area contributed by atoms with Crippen molar-refractivity contribution < 1.29 is 28.7 Å². The van der Waals surface area contributed by atoms with Gasteiger partial charge in [0.25, 0.3) is 0 Å². The summed E-state index contributed by atoms with van der Waals surface area (Å²) in [4.78, 5) is 4.61. The van der Waals surface area contributed by atoms with Crippen LogP contribution in [0, 0.1) is 0 Å². The highest BCUT2D eigenvalue weighted by Crippen LogP contribution is 2.22. The van der Waals surface area contributed by atoms with Gasteiger partial charge in [-0.05, 0) is 42.8 Å². The first-order valence-corrected chi connectivity index (χ1v) is 7.04. The van der Waals surface area contributed by atoms with E-state index >= 15 is 0 Å². The topological polar surface area (TPSA) is 26.5 Å². The minimum atomic E-state index is 0. The minimum Gasteiger partial charge on any atom is -1.00 e. The Hall–Kier alpha value is -1.56. The maximum absolute atomic E-state index is 5.67. The predicted molar refractivity (Wildman–Crippen MR) is 81.0 cm³/mol. The highest BCUT2D eigenvalue weighted by atomic mass is 127. The Morgan fingerprint density at radius 1 is 1.10 bits per heavy atom. The number of fused-ring (bicyclic) bond motifs is 1. The van der Waals surface area contributed by atoms with Crippen LogP contribution in [0.25, 0.3) is 16.9 Å². The number of aromatic nitrogens is 2. The third-order valence-corrected chi connectivity index (χ3v) is 3.28. The molecule has 0 saturated carbocycles. The van der Waals surface area contributed by atoms with Crippen molar-refractivity contribution in [2.24, 2.45) is 0 Å². The molecule has 3 rings (SSSR count). The summed E-state index contributed by atoms with van der Waals surface area (Å²) in [7, 11) is 0. The molecule has 0 radical (unpaired) electrons. The Labute approximate surface area is 142 Å². The van der Waals surface area contributed by atoms with Crippen LogP contribution in [0.15, 0.2) is 54.9 Å². The van der Waals surface area contributed by atoms with E-state index in [1.807, 2.05) is 47.1 Å². The second kappa shape index (κ2) is 7.45. The van der Waals surface area contributed by atoms with Gasteiger partial charge in [0.1, 0.15) is 11.4 Å². The maximum atomic E-state index is 5.67. The summed E-state index contributed by atoms with van der Waals surface area (Å²) in [5.74, 6) is 0.922. The number of hydrogen-bond donors (Lipinski definition) is 0. The summed E-state index contributed by atoms with van der Waals surface area (Å²) in [5.41, 5.74) is 3.05. The van der Waals surface area contributed by atoms with Crippen LogP contribution < -0.4 is 28.7 Å². The van der Waals surface area contributed by atoms with Crippen molar-refractivity contribution in [3.63, 3.8) is 0 Å². The number of benzene rings is 1. The first kappa shape index (κ1) is 15.8. The Balaban J connectivity index is 0.00000161. The van der Waals surface area contributed by atoms with Crippen LogP contribution in [0.5, 0.6) is 5.75 Å². The van der Waals surface area contributed by atoms with E-state index in [0.29, 0.717) is 0 Å². The van der Waals surface area contributed by atoms with Gasteiger partial charge in [-0.3, -0.25) is 0 Å². The summed E-state index contributed by atoms with van der Waals surface area (Å²) >= 11 is 0. The molecule has 0 saturated heterocycles. The first-order chi connectivity index (χ1) is 9.86. The van der Waals surface area contributed by atoms with Gasteiger partial charge in [0.15, 0.2) is 0 Å². The molecule has 2 aromatic heterocycles. The van der Waals surface area contributed by atoms with Gasteiger partial charge in [-0.1, -0.05) is 19.4 Å². The quantitative estimate of drug-likeness (QED) is 0.481. The van der Waals surface area contributed by atoms with E-state index < -0.39 is 0 Å². The highest BCUT2D eigenvalue weighted by molar-refractivity contribution is 5.63. The van der Waals surface area contributed by atoms with Gasteiger partial charge in [-0.15, -0.1) is 0 Å². The van der Waals surface area contributed by atoms with Gasteiger partial charge in [0, 0.05) is 18.0 Å². The van der Waals surface area contributed by atoms with Crippen LogP contribution in [-0.4, -0.2) is 16.0 Å². The molecule has 0 fully saturated rings. The lowest BCUT2D eigenvalue weighted by atomic mass is 10.2. The molecule has 0 spiro atoms. The zero-order valence-electron chi connectivity index (χ0n) is 12.0. The molecule has 0 N–H and O–H groups in total. The lowest BCUT2D eigenvalue weighted by Gasteiger charge is -2.05. The number of imidazole rings is 1. The Morgan fingerprint density at radius 3 is 2.62 bits per heavy atom. The van der Waals surface area contributed by atoms with Crippen LogP contribution in [0.4, 0.5) is 0 Å². The molecule has 2 heterocycles. The molecule has 0 amide bonds. The van der Waals surface area contributed by atoms with E-state index in [0.717, 1.165) is 42.1 Å². The van der Waals surface area contributed by atoms with E-state index in [1.54, 1.807) is 0 Å². The Kier molecular flexibility index (Phi) is 5.61. The number of rotatable bonds is 5. The fraction of sp³-hybridized carbons (Fsp3) is 0.235.